The summed E-state index contributed by atoms with van der Waals surface area (Å²) < 4.78 is 0. The Labute approximate surface area is 114 Å². The zero-order valence-electron chi connectivity index (χ0n) is 11.1. The maximum absolute atomic E-state index is 4.38. The smallest absolute Gasteiger partial charge is 0.134 e. The van der Waals surface area contributed by atoms with E-state index in [0.29, 0.717) is 0 Å². The lowest BCUT2D eigenvalue weighted by Gasteiger charge is -2.27. The van der Waals surface area contributed by atoms with Gasteiger partial charge in [-0.2, -0.15) is 11.8 Å². The molecule has 1 saturated heterocycles. The van der Waals surface area contributed by atoms with Crippen LogP contribution < -0.4 is 10.2 Å². The summed E-state index contributed by atoms with van der Waals surface area (Å²) in [6.45, 7) is 3.24. The molecule has 1 aliphatic rings. The SMILES string of the molecule is CSCCCNc1cc(N2CCCCC2)ncn1. The topological polar surface area (TPSA) is 41.0 Å². The summed E-state index contributed by atoms with van der Waals surface area (Å²) in [4.78, 5) is 11.0. The molecule has 0 amide bonds. The molecule has 0 spiro atoms. The Bertz CT molecular complexity index is 353. The molecule has 1 aliphatic heterocycles. The van der Waals surface area contributed by atoms with E-state index in [1.807, 2.05) is 11.8 Å². The number of anilines is 2. The van der Waals surface area contributed by atoms with E-state index >= 15 is 0 Å². The maximum Gasteiger partial charge on any atom is 0.134 e. The van der Waals surface area contributed by atoms with Crippen molar-refractivity contribution >= 4 is 23.4 Å². The van der Waals surface area contributed by atoms with Crippen molar-refractivity contribution in [3.63, 3.8) is 0 Å². The van der Waals surface area contributed by atoms with Crippen LogP contribution in [0.5, 0.6) is 0 Å². The van der Waals surface area contributed by atoms with Gasteiger partial charge in [0.2, 0.25) is 0 Å². The van der Waals surface area contributed by atoms with Crippen molar-refractivity contribution in [2.45, 2.75) is 25.7 Å². The van der Waals surface area contributed by atoms with Gasteiger partial charge >= 0.3 is 0 Å². The van der Waals surface area contributed by atoms with Crippen molar-refractivity contribution in [3.8, 4) is 0 Å². The van der Waals surface area contributed by atoms with Gasteiger partial charge < -0.3 is 10.2 Å². The number of thioether (sulfide) groups is 1. The quantitative estimate of drug-likeness (QED) is 0.802. The highest BCUT2D eigenvalue weighted by Gasteiger charge is 2.12. The third-order valence-electron chi connectivity index (χ3n) is 3.16. The first-order valence-electron chi connectivity index (χ1n) is 6.70. The van der Waals surface area contributed by atoms with Gasteiger partial charge in [-0.25, -0.2) is 9.97 Å². The summed E-state index contributed by atoms with van der Waals surface area (Å²) in [7, 11) is 0. The van der Waals surface area contributed by atoms with Gasteiger partial charge in [-0.3, -0.25) is 0 Å². The van der Waals surface area contributed by atoms with E-state index in [9.17, 15) is 0 Å². The average molecular weight is 266 g/mol. The highest BCUT2D eigenvalue weighted by atomic mass is 32.2. The molecule has 0 unspecified atom stereocenters. The molecule has 1 fully saturated rings. The van der Waals surface area contributed by atoms with Gasteiger partial charge in [0.05, 0.1) is 0 Å². The van der Waals surface area contributed by atoms with Crippen molar-refractivity contribution in [1.29, 1.82) is 0 Å². The van der Waals surface area contributed by atoms with E-state index in [-0.39, 0.29) is 0 Å². The second-order valence-corrected chi connectivity index (χ2v) is 5.57. The minimum absolute atomic E-state index is 0.951. The molecule has 4 nitrogen and oxygen atoms in total. The lowest BCUT2D eigenvalue weighted by molar-refractivity contribution is 0.573. The Morgan fingerprint density at radius 2 is 2.11 bits per heavy atom. The summed E-state index contributed by atoms with van der Waals surface area (Å²) >= 11 is 1.88. The normalized spacial score (nSPS) is 15.7. The number of hydrogen-bond acceptors (Lipinski definition) is 5. The zero-order chi connectivity index (χ0) is 12.6. The van der Waals surface area contributed by atoms with E-state index < -0.39 is 0 Å². The Hall–Kier alpha value is -0.970. The molecule has 5 heteroatoms. The molecular formula is C13H22N4S. The first kappa shape index (κ1) is 13.5. The van der Waals surface area contributed by atoms with E-state index in [2.05, 4.69) is 32.5 Å². The van der Waals surface area contributed by atoms with Crippen molar-refractivity contribution in [2.75, 3.05) is 41.9 Å². The number of hydrogen-bond donors (Lipinski definition) is 1. The molecule has 0 saturated carbocycles. The van der Waals surface area contributed by atoms with Crippen molar-refractivity contribution in [3.05, 3.63) is 12.4 Å². The minimum atomic E-state index is 0.951. The largest absolute Gasteiger partial charge is 0.370 e. The first-order chi connectivity index (χ1) is 8.90. The first-order valence-corrected chi connectivity index (χ1v) is 8.09. The van der Waals surface area contributed by atoms with Crippen molar-refractivity contribution in [1.82, 2.24) is 9.97 Å². The fourth-order valence-corrected chi connectivity index (χ4v) is 2.61. The molecule has 100 valence electrons. The van der Waals surface area contributed by atoms with Crippen LogP contribution in [0.4, 0.5) is 11.6 Å². The molecule has 0 radical (unpaired) electrons. The van der Waals surface area contributed by atoms with Crippen LogP contribution in [-0.4, -0.2) is 41.6 Å². The fraction of sp³-hybridized carbons (Fsp3) is 0.692. The Balaban J connectivity index is 1.88. The molecule has 18 heavy (non-hydrogen) atoms. The predicted molar refractivity (Wildman–Crippen MR) is 79.6 cm³/mol. The van der Waals surface area contributed by atoms with Gasteiger partial charge in [0.25, 0.3) is 0 Å². The van der Waals surface area contributed by atoms with Crippen LogP contribution in [0.15, 0.2) is 12.4 Å². The third kappa shape index (κ3) is 4.05. The van der Waals surface area contributed by atoms with Gasteiger partial charge in [0.1, 0.15) is 18.0 Å². The van der Waals surface area contributed by atoms with Gasteiger partial charge in [0, 0.05) is 25.7 Å². The van der Waals surface area contributed by atoms with Gasteiger partial charge in [-0.05, 0) is 37.7 Å². The standard InChI is InChI=1S/C13H22N4S/c1-18-9-5-6-14-12-10-13(16-11-15-12)17-7-3-2-4-8-17/h10-11H,2-9H2,1H3,(H,14,15,16). The Morgan fingerprint density at radius 1 is 1.28 bits per heavy atom. The fourth-order valence-electron chi connectivity index (χ4n) is 2.17. The summed E-state index contributed by atoms with van der Waals surface area (Å²) in [6, 6.07) is 2.07. The van der Waals surface area contributed by atoms with Crippen LogP contribution in [0.1, 0.15) is 25.7 Å². The second kappa shape index (κ2) is 7.46. The lowest BCUT2D eigenvalue weighted by Crippen LogP contribution is -2.30. The highest BCUT2D eigenvalue weighted by Crippen LogP contribution is 2.18. The van der Waals surface area contributed by atoms with Crippen LogP contribution in [-0.2, 0) is 0 Å². The van der Waals surface area contributed by atoms with Crippen LogP contribution >= 0.6 is 11.8 Å². The number of aromatic nitrogens is 2. The molecule has 0 atom stereocenters. The Kier molecular flexibility index (Phi) is 5.58. The molecule has 1 aromatic rings. The second-order valence-electron chi connectivity index (χ2n) is 4.58. The summed E-state index contributed by atoms with van der Waals surface area (Å²) in [5, 5.41) is 3.37. The summed E-state index contributed by atoms with van der Waals surface area (Å²) in [6.07, 6.45) is 8.88. The third-order valence-corrected chi connectivity index (χ3v) is 3.86. The molecule has 1 aromatic heterocycles. The monoisotopic (exact) mass is 266 g/mol. The van der Waals surface area contributed by atoms with Crippen LogP contribution in [0.25, 0.3) is 0 Å². The maximum atomic E-state index is 4.38. The van der Waals surface area contributed by atoms with Crippen LogP contribution in [0, 0.1) is 0 Å². The van der Waals surface area contributed by atoms with Gasteiger partial charge in [-0.15, -0.1) is 0 Å². The molecule has 0 bridgehead atoms. The molecule has 1 N–H and O–H groups in total. The van der Waals surface area contributed by atoms with E-state index in [1.54, 1.807) is 6.33 Å². The van der Waals surface area contributed by atoms with Crippen LogP contribution in [0.3, 0.4) is 0 Å². The van der Waals surface area contributed by atoms with E-state index in [0.717, 1.165) is 31.3 Å². The van der Waals surface area contributed by atoms with E-state index in [1.165, 1.54) is 31.4 Å². The molecule has 2 rings (SSSR count). The number of piperidine rings is 1. The van der Waals surface area contributed by atoms with Crippen LogP contribution in [0.2, 0.25) is 0 Å². The van der Waals surface area contributed by atoms with Gasteiger partial charge in [-0.1, -0.05) is 0 Å². The summed E-state index contributed by atoms with van der Waals surface area (Å²) in [5.41, 5.74) is 0. The average Bonchev–Trinajstić information content (AvgIpc) is 2.45. The number of nitrogens with one attached hydrogen (secondary N) is 1. The van der Waals surface area contributed by atoms with Crippen molar-refractivity contribution in [2.24, 2.45) is 0 Å². The van der Waals surface area contributed by atoms with Gasteiger partial charge in [0.15, 0.2) is 0 Å². The molecular weight excluding hydrogens is 244 g/mol. The number of rotatable bonds is 6. The number of nitrogens with zero attached hydrogens (tertiary/aromatic N) is 3. The molecule has 2 heterocycles. The highest BCUT2D eigenvalue weighted by molar-refractivity contribution is 7.98. The summed E-state index contributed by atoms with van der Waals surface area (Å²) in [5.74, 6) is 3.21. The van der Waals surface area contributed by atoms with E-state index in [4.69, 9.17) is 0 Å². The molecule has 0 aliphatic carbocycles. The minimum Gasteiger partial charge on any atom is -0.370 e. The van der Waals surface area contributed by atoms with Crippen molar-refractivity contribution < 1.29 is 0 Å². The lowest BCUT2D eigenvalue weighted by atomic mass is 10.1. The molecule has 0 aromatic carbocycles. The Morgan fingerprint density at radius 3 is 2.89 bits per heavy atom. The zero-order valence-corrected chi connectivity index (χ0v) is 11.9. The predicted octanol–water partition coefficient (Wildman–Crippen LogP) is 2.63.